The molecular weight excluding hydrogens is 394 g/mol. The Balaban J connectivity index is 1.68. The maximum absolute atomic E-state index is 12.7. The Labute approximate surface area is 175 Å². The first-order valence-electron chi connectivity index (χ1n) is 9.32. The third-order valence-corrected chi connectivity index (χ3v) is 5.15. The molecule has 0 bridgehead atoms. The van der Waals surface area contributed by atoms with Crippen molar-refractivity contribution in [3.8, 4) is 5.75 Å². The zero-order valence-corrected chi connectivity index (χ0v) is 17.7. The van der Waals surface area contributed by atoms with Crippen molar-refractivity contribution in [2.24, 2.45) is 0 Å². The number of esters is 1. The maximum Gasteiger partial charge on any atom is 0.337 e. The predicted molar refractivity (Wildman–Crippen MR) is 111 cm³/mol. The largest absolute Gasteiger partial charge is 0.488 e. The van der Waals surface area contributed by atoms with E-state index in [1.165, 1.54) is 0 Å². The van der Waals surface area contributed by atoms with Crippen molar-refractivity contribution in [2.45, 2.75) is 26.8 Å². The maximum atomic E-state index is 12.7. The van der Waals surface area contributed by atoms with Crippen molar-refractivity contribution >= 4 is 29.4 Å². The predicted octanol–water partition coefficient (Wildman–Crippen LogP) is 4.17. The fourth-order valence-electron chi connectivity index (χ4n) is 3.62. The fourth-order valence-corrected chi connectivity index (χ4v) is 3.80. The Morgan fingerprint density at radius 1 is 1.28 bits per heavy atom. The van der Waals surface area contributed by atoms with Crippen molar-refractivity contribution in [2.75, 3.05) is 26.9 Å². The van der Waals surface area contributed by atoms with E-state index in [1.54, 1.807) is 31.4 Å². The second-order valence-electron chi connectivity index (χ2n) is 7.10. The van der Waals surface area contributed by atoms with Gasteiger partial charge in [-0.25, -0.2) is 4.79 Å². The minimum absolute atomic E-state index is 0.0880. The molecule has 1 aromatic heterocycles. The number of aryl methyl sites for hydroxylation is 1. The number of ether oxygens (including phenoxy) is 3. The van der Waals surface area contributed by atoms with Gasteiger partial charge in [-0.1, -0.05) is 11.6 Å². The molecule has 1 unspecified atom stereocenters. The average molecular weight is 418 g/mol. The molecule has 154 valence electrons. The van der Waals surface area contributed by atoms with Crippen LogP contribution in [0.2, 0.25) is 5.02 Å². The van der Waals surface area contributed by atoms with Crippen LogP contribution < -0.4 is 4.74 Å². The first kappa shape index (κ1) is 21.1. The summed E-state index contributed by atoms with van der Waals surface area (Å²) in [6, 6.07) is 7.10. The van der Waals surface area contributed by atoms with Crippen LogP contribution >= 0.6 is 11.6 Å². The van der Waals surface area contributed by atoms with E-state index >= 15 is 0 Å². The van der Waals surface area contributed by atoms with Crippen LogP contribution in [-0.2, 0) is 14.3 Å². The van der Waals surface area contributed by atoms with Gasteiger partial charge < -0.3 is 18.8 Å². The summed E-state index contributed by atoms with van der Waals surface area (Å²) in [6.07, 6.45) is 1.68. The van der Waals surface area contributed by atoms with Crippen LogP contribution in [0.4, 0.5) is 0 Å². The lowest BCUT2D eigenvalue weighted by Crippen LogP contribution is -2.21. The number of hydrogen-bond donors (Lipinski definition) is 0. The van der Waals surface area contributed by atoms with Gasteiger partial charge in [0.1, 0.15) is 12.4 Å². The normalized spacial score (nSPS) is 13.9. The second kappa shape index (κ2) is 8.84. The molecule has 7 heteroatoms. The number of methoxy groups -OCH3 is 1. The highest BCUT2D eigenvalue weighted by molar-refractivity contribution is 6.30. The monoisotopic (exact) mass is 417 g/mol. The topological polar surface area (TPSA) is 66.8 Å². The van der Waals surface area contributed by atoms with E-state index < -0.39 is 5.97 Å². The molecule has 0 amide bonds. The Bertz CT molecular complexity index is 976. The molecule has 1 aliphatic rings. The van der Waals surface area contributed by atoms with Crippen molar-refractivity contribution in [1.82, 2.24) is 4.57 Å². The van der Waals surface area contributed by atoms with Crippen LogP contribution in [0, 0.1) is 13.8 Å². The van der Waals surface area contributed by atoms with Crippen molar-refractivity contribution < 1.29 is 23.8 Å². The van der Waals surface area contributed by atoms with Crippen molar-refractivity contribution in [3.05, 3.63) is 57.4 Å². The second-order valence-corrected chi connectivity index (χ2v) is 7.54. The molecule has 3 rings (SSSR count). The molecule has 0 radical (unpaired) electrons. The summed E-state index contributed by atoms with van der Waals surface area (Å²) in [5.74, 6) is -0.173. The number of fused-ring (bicyclic) bond motifs is 1. The molecule has 2 aromatic rings. The Kier molecular flexibility index (Phi) is 6.45. The van der Waals surface area contributed by atoms with E-state index in [4.69, 9.17) is 25.8 Å². The van der Waals surface area contributed by atoms with Crippen LogP contribution in [0.5, 0.6) is 5.75 Å². The molecule has 1 aliphatic heterocycles. The smallest absolute Gasteiger partial charge is 0.337 e. The summed E-state index contributed by atoms with van der Waals surface area (Å²) < 4.78 is 18.1. The van der Waals surface area contributed by atoms with E-state index in [0.717, 1.165) is 11.4 Å². The van der Waals surface area contributed by atoms with E-state index in [-0.39, 0.29) is 25.0 Å². The van der Waals surface area contributed by atoms with Gasteiger partial charge in [0, 0.05) is 34.6 Å². The Morgan fingerprint density at radius 3 is 2.76 bits per heavy atom. The molecule has 0 aliphatic carbocycles. The zero-order chi connectivity index (χ0) is 21.1. The van der Waals surface area contributed by atoms with Crippen LogP contribution in [0.15, 0.2) is 29.8 Å². The average Bonchev–Trinajstić information content (AvgIpc) is 2.99. The highest BCUT2D eigenvalue weighted by Crippen LogP contribution is 2.29. The molecule has 1 atom stereocenters. The number of carbonyl (C=O) groups is 2. The van der Waals surface area contributed by atoms with Gasteiger partial charge in [0.25, 0.3) is 0 Å². The third kappa shape index (κ3) is 4.54. The number of benzene rings is 1. The molecular formula is C22H24ClNO5. The number of Topliss-reactive ketones (excluding diaryl/α,β-unsaturated/α-hetero) is 1. The molecule has 0 saturated heterocycles. The fraction of sp³-hybridized carbons (Fsp3) is 0.364. The van der Waals surface area contributed by atoms with Gasteiger partial charge in [-0.15, -0.1) is 0 Å². The van der Waals surface area contributed by atoms with Crippen molar-refractivity contribution in [3.63, 3.8) is 0 Å². The summed E-state index contributed by atoms with van der Waals surface area (Å²) in [7, 11) is 1.65. The van der Waals surface area contributed by atoms with Crippen LogP contribution in [0.3, 0.4) is 0 Å². The third-order valence-electron chi connectivity index (χ3n) is 4.91. The lowest BCUT2D eigenvalue weighted by atomic mass is 10.1. The summed E-state index contributed by atoms with van der Waals surface area (Å²) in [6.45, 7) is 6.14. The summed E-state index contributed by atoms with van der Waals surface area (Å²) in [4.78, 5) is 25.1. The summed E-state index contributed by atoms with van der Waals surface area (Å²) >= 11 is 5.99. The SMILES string of the molecule is COCC(C)n1c(C)cc(C(=O)COC(=O)C2=Cc3cc(Cl)ccc3OC2)c1C. The minimum atomic E-state index is -0.578. The van der Waals surface area contributed by atoms with Gasteiger partial charge in [0.2, 0.25) is 5.78 Å². The molecule has 0 saturated carbocycles. The number of halogens is 1. The summed E-state index contributed by atoms with van der Waals surface area (Å²) in [5, 5.41) is 0.548. The number of aromatic nitrogens is 1. The quantitative estimate of drug-likeness (QED) is 0.499. The van der Waals surface area contributed by atoms with Crippen molar-refractivity contribution in [1.29, 1.82) is 0 Å². The van der Waals surface area contributed by atoms with Crippen LogP contribution in [-0.4, -0.2) is 43.3 Å². The van der Waals surface area contributed by atoms with Gasteiger partial charge >= 0.3 is 5.97 Å². The number of nitrogens with zero attached hydrogens (tertiary/aromatic N) is 1. The van der Waals surface area contributed by atoms with E-state index in [1.807, 2.05) is 26.8 Å². The van der Waals surface area contributed by atoms with Crippen LogP contribution in [0.25, 0.3) is 6.08 Å². The highest BCUT2D eigenvalue weighted by atomic mass is 35.5. The standard InChI is InChI=1S/C22H24ClNO5/c1-13-7-19(15(3)24(13)14(2)10-27-4)20(25)12-29-22(26)17-8-16-9-18(23)5-6-21(16)28-11-17/h5-9,14H,10-12H2,1-4H3. The first-order valence-corrected chi connectivity index (χ1v) is 9.70. The van der Waals surface area contributed by atoms with Gasteiger partial charge in [0.05, 0.1) is 18.2 Å². The number of ketones is 1. The molecule has 0 spiro atoms. The van der Waals surface area contributed by atoms with E-state index in [9.17, 15) is 9.59 Å². The van der Waals surface area contributed by atoms with Gasteiger partial charge in [-0.2, -0.15) is 0 Å². The van der Waals surface area contributed by atoms with E-state index in [2.05, 4.69) is 4.57 Å². The molecule has 0 fully saturated rings. The lowest BCUT2D eigenvalue weighted by Gasteiger charge is -2.18. The summed E-state index contributed by atoms with van der Waals surface area (Å²) in [5.41, 5.74) is 3.38. The molecule has 29 heavy (non-hydrogen) atoms. The van der Waals surface area contributed by atoms with E-state index in [0.29, 0.717) is 34.1 Å². The first-order chi connectivity index (χ1) is 13.8. The highest BCUT2D eigenvalue weighted by Gasteiger charge is 2.22. The van der Waals surface area contributed by atoms with Gasteiger partial charge in [0.15, 0.2) is 6.61 Å². The minimum Gasteiger partial charge on any atom is -0.488 e. The van der Waals surface area contributed by atoms with Gasteiger partial charge in [-0.05, 0) is 51.1 Å². The Morgan fingerprint density at radius 2 is 2.03 bits per heavy atom. The lowest BCUT2D eigenvalue weighted by molar-refractivity contribution is -0.138. The Hall–Kier alpha value is -2.57. The zero-order valence-electron chi connectivity index (χ0n) is 17.0. The van der Waals surface area contributed by atoms with Gasteiger partial charge in [-0.3, -0.25) is 4.79 Å². The number of rotatable bonds is 7. The number of hydrogen-bond acceptors (Lipinski definition) is 5. The molecule has 6 nitrogen and oxygen atoms in total. The number of carbonyl (C=O) groups excluding carboxylic acids is 2. The molecule has 0 N–H and O–H groups in total. The molecule has 2 heterocycles. The van der Waals surface area contributed by atoms with Crippen LogP contribution in [0.1, 0.15) is 40.3 Å². The molecule has 1 aromatic carbocycles.